The molecule has 1 unspecified atom stereocenters. The Bertz CT molecular complexity index is 593. The van der Waals surface area contributed by atoms with Crippen LogP contribution in [0, 0.1) is 13.8 Å². The Morgan fingerprint density at radius 1 is 1.05 bits per heavy atom. The molecule has 3 heteroatoms. The van der Waals surface area contributed by atoms with Crippen molar-refractivity contribution in [3.63, 3.8) is 0 Å². The monoisotopic (exact) mass is 257 g/mol. The van der Waals surface area contributed by atoms with E-state index in [1.54, 1.807) is 12.1 Å². The molecule has 0 aliphatic heterocycles. The molecule has 0 aliphatic carbocycles. The van der Waals surface area contributed by atoms with Gasteiger partial charge in [0, 0.05) is 17.3 Å². The van der Waals surface area contributed by atoms with E-state index in [-0.39, 0.29) is 11.8 Å². The summed E-state index contributed by atoms with van der Waals surface area (Å²) in [6, 6.07) is 11.1. The van der Waals surface area contributed by atoms with E-state index in [2.05, 4.69) is 5.32 Å². The molecule has 0 saturated carbocycles. The van der Waals surface area contributed by atoms with Crippen molar-refractivity contribution in [3.8, 4) is 11.5 Å². The van der Waals surface area contributed by atoms with Gasteiger partial charge in [0.25, 0.3) is 0 Å². The van der Waals surface area contributed by atoms with Crippen LogP contribution in [0.15, 0.2) is 36.4 Å². The van der Waals surface area contributed by atoms with Crippen LogP contribution in [0.25, 0.3) is 0 Å². The number of phenolic OH excluding ortho intramolecular Hbond substituents is 2. The van der Waals surface area contributed by atoms with Crippen molar-refractivity contribution < 1.29 is 10.2 Å². The molecular formula is C16H19NO2. The van der Waals surface area contributed by atoms with Gasteiger partial charge in [-0.3, -0.25) is 0 Å². The van der Waals surface area contributed by atoms with Crippen LogP contribution in [-0.2, 0) is 0 Å². The third kappa shape index (κ3) is 2.81. The van der Waals surface area contributed by atoms with E-state index in [4.69, 9.17) is 0 Å². The topological polar surface area (TPSA) is 52.5 Å². The summed E-state index contributed by atoms with van der Waals surface area (Å²) in [5.41, 5.74) is 3.61. The van der Waals surface area contributed by atoms with Gasteiger partial charge in [-0.1, -0.05) is 18.2 Å². The normalized spacial score (nSPS) is 12.2. The zero-order chi connectivity index (χ0) is 14.0. The number of nitrogens with one attached hydrogen (secondary N) is 1. The van der Waals surface area contributed by atoms with Gasteiger partial charge < -0.3 is 15.5 Å². The molecule has 19 heavy (non-hydrogen) atoms. The molecule has 2 aromatic rings. The van der Waals surface area contributed by atoms with Crippen LogP contribution in [0.4, 0.5) is 5.69 Å². The lowest BCUT2D eigenvalue weighted by Crippen LogP contribution is -2.07. The van der Waals surface area contributed by atoms with E-state index in [0.717, 1.165) is 22.4 Å². The maximum absolute atomic E-state index is 9.93. The van der Waals surface area contributed by atoms with Gasteiger partial charge in [0.2, 0.25) is 0 Å². The molecule has 0 heterocycles. The first-order valence-electron chi connectivity index (χ1n) is 6.33. The van der Waals surface area contributed by atoms with E-state index >= 15 is 0 Å². The summed E-state index contributed by atoms with van der Waals surface area (Å²) in [4.78, 5) is 0. The molecule has 0 spiro atoms. The SMILES string of the molecule is Cc1ccc(NC(C)c2cccc(O)c2)c(C)c1O. The van der Waals surface area contributed by atoms with E-state index in [9.17, 15) is 10.2 Å². The Labute approximate surface area is 113 Å². The highest BCUT2D eigenvalue weighted by molar-refractivity contribution is 5.60. The molecule has 0 fully saturated rings. The number of hydrogen-bond acceptors (Lipinski definition) is 3. The second kappa shape index (κ2) is 5.22. The van der Waals surface area contributed by atoms with Gasteiger partial charge in [0.15, 0.2) is 0 Å². The summed E-state index contributed by atoms with van der Waals surface area (Å²) in [6.07, 6.45) is 0. The molecule has 100 valence electrons. The summed E-state index contributed by atoms with van der Waals surface area (Å²) in [5, 5.41) is 22.8. The van der Waals surface area contributed by atoms with Crippen LogP contribution in [0.1, 0.15) is 29.7 Å². The van der Waals surface area contributed by atoms with Gasteiger partial charge in [-0.05, 0) is 50.1 Å². The molecule has 3 N–H and O–H groups in total. The van der Waals surface area contributed by atoms with Gasteiger partial charge in [0.1, 0.15) is 11.5 Å². The van der Waals surface area contributed by atoms with Gasteiger partial charge in [-0.2, -0.15) is 0 Å². The Morgan fingerprint density at radius 2 is 1.79 bits per heavy atom. The van der Waals surface area contributed by atoms with Crippen LogP contribution in [-0.4, -0.2) is 10.2 Å². The summed E-state index contributed by atoms with van der Waals surface area (Å²) in [7, 11) is 0. The zero-order valence-electron chi connectivity index (χ0n) is 11.4. The predicted molar refractivity (Wildman–Crippen MR) is 77.7 cm³/mol. The van der Waals surface area contributed by atoms with Crippen molar-refractivity contribution in [2.75, 3.05) is 5.32 Å². The first-order chi connectivity index (χ1) is 8.99. The molecule has 0 bridgehead atoms. The first-order valence-corrected chi connectivity index (χ1v) is 6.33. The number of phenols is 2. The molecule has 0 aromatic heterocycles. The second-order valence-electron chi connectivity index (χ2n) is 4.86. The first kappa shape index (κ1) is 13.3. The molecule has 0 radical (unpaired) electrons. The Kier molecular flexibility index (Phi) is 3.65. The highest BCUT2D eigenvalue weighted by Gasteiger charge is 2.10. The fourth-order valence-corrected chi connectivity index (χ4v) is 2.10. The standard InChI is InChI=1S/C16H19NO2/c1-10-7-8-15(11(2)16(10)19)17-12(3)13-5-4-6-14(18)9-13/h4-9,12,17-19H,1-3H3. The number of aromatic hydroxyl groups is 2. The van der Waals surface area contributed by atoms with Gasteiger partial charge in [-0.15, -0.1) is 0 Å². The minimum absolute atomic E-state index is 0.0490. The number of rotatable bonds is 3. The third-order valence-corrected chi connectivity index (χ3v) is 3.37. The fourth-order valence-electron chi connectivity index (χ4n) is 2.10. The maximum Gasteiger partial charge on any atom is 0.123 e. The molecule has 2 aromatic carbocycles. The van der Waals surface area contributed by atoms with Crippen LogP contribution in [0.5, 0.6) is 11.5 Å². The van der Waals surface area contributed by atoms with Crippen molar-refractivity contribution >= 4 is 5.69 Å². The molecule has 0 saturated heterocycles. The van der Waals surface area contributed by atoms with Crippen LogP contribution < -0.4 is 5.32 Å². The molecule has 3 nitrogen and oxygen atoms in total. The second-order valence-corrected chi connectivity index (χ2v) is 4.86. The molecule has 2 rings (SSSR count). The lowest BCUT2D eigenvalue weighted by Gasteiger charge is -2.18. The number of hydrogen-bond donors (Lipinski definition) is 3. The van der Waals surface area contributed by atoms with Crippen molar-refractivity contribution in [1.29, 1.82) is 0 Å². The average molecular weight is 257 g/mol. The summed E-state index contributed by atoms with van der Waals surface area (Å²) >= 11 is 0. The van der Waals surface area contributed by atoms with E-state index in [1.807, 2.05) is 45.0 Å². The van der Waals surface area contributed by atoms with Crippen LogP contribution >= 0.6 is 0 Å². The maximum atomic E-state index is 9.93. The van der Waals surface area contributed by atoms with Crippen molar-refractivity contribution in [2.45, 2.75) is 26.8 Å². The minimum atomic E-state index is 0.0490. The Morgan fingerprint density at radius 3 is 2.47 bits per heavy atom. The number of anilines is 1. The molecular weight excluding hydrogens is 238 g/mol. The summed E-state index contributed by atoms with van der Waals surface area (Å²) < 4.78 is 0. The number of aryl methyl sites for hydroxylation is 1. The number of benzene rings is 2. The van der Waals surface area contributed by atoms with Crippen molar-refractivity contribution in [1.82, 2.24) is 0 Å². The lowest BCUT2D eigenvalue weighted by molar-refractivity contribution is 0.467. The van der Waals surface area contributed by atoms with E-state index < -0.39 is 0 Å². The van der Waals surface area contributed by atoms with Crippen molar-refractivity contribution in [2.24, 2.45) is 0 Å². The minimum Gasteiger partial charge on any atom is -0.508 e. The highest BCUT2D eigenvalue weighted by Crippen LogP contribution is 2.30. The molecule has 1 atom stereocenters. The Hall–Kier alpha value is -2.16. The smallest absolute Gasteiger partial charge is 0.123 e. The quantitative estimate of drug-likeness (QED) is 0.782. The molecule has 0 amide bonds. The van der Waals surface area contributed by atoms with E-state index in [0.29, 0.717) is 5.75 Å². The fraction of sp³-hybridized carbons (Fsp3) is 0.250. The summed E-state index contributed by atoms with van der Waals surface area (Å²) in [6.45, 7) is 5.79. The Balaban J connectivity index is 2.24. The zero-order valence-corrected chi connectivity index (χ0v) is 11.4. The summed E-state index contributed by atoms with van der Waals surface area (Å²) in [5.74, 6) is 0.586. The lowest BCUT2D eigenvalue weighted by atomic mass is 10.1. The van der Waals surface area contributed by atoms with Crippen LogP contribution in [0.3, 0.4) is 0 Å². The third-order valence-electron chi connectivity index (χ3n) is 3.37. The van der Waals surface area contributed by atoms with Crippen LogP contribution in [0.2, 0.25) is 0 Å². The average Bonchev–Trinajstić information content (AvgIpc) is 2.39. The van der Waals surface area contributed by atoms with Gasteiger partial charge >= 0.3 is 0 Å². The highest BCUT2D eigenvalue weighted by atomic mass is 16.3. The van der Waals surface area contributed by atoms with Gasteiger partial charge in [0.05, 0.1) is 0 Å². The van der Waals surface area contributed by atoms with E-state index in [1.165, 1.54) is 0 Å². The van der Waals surface area contributed by atoms with Crippen molar-refractivity contribution in [3.05, 3.63) is 53.1 Å². The predicted octanol–water partition coefficient (Wildman–Crippen LogP) is 3.89. The largest absolute Gasteiger partial charge is 0.508 e. The molecule has 0 aliphatic rings. The van der Waals surface area contributed by atoms with Gasteiger partial charge in [-0.25, -0.2) is 0 Å².